The Morgan fingerprint density at radius 3 is 2.62 bits per heavy atom. The van der Waals surface area contributed by atoms with Crippen molar-refractivity contribution in [1.29, 1.82) is 0 Å². The molecule has 1 fully saturated rings. The van der Waals surface area contributed by atoms with Crippen LogP contribution in [0.4, 0.5) is 4.39 Å². The van der Waals surface area contributed by atoms with Crippen LogP contribution in [0, 0.1) is 11.2 Å². The molecule has 0 N–H and O–H groups in total. The lowest BCUT2D eigenvalue weighted by Crippen LogP contribution is -2.35. The molecule has 1 heterocycles. The highest BCUT2D eigenvalue weighted by molar-refractivity contribution is 5.81. The van der Waals surface area contributed by atoms with Gasteiger partial charge in [0.05, 0.1) is 12.5 Å². The molecule has 5 heteroatoms. The van der Waals surface area contributed by atoms with Crippen LogP contribution in [0.3, 0.4) is 0 Å². The van der Waals surface area contributed by atoms with Gasteiger partial charge in [-0.2, -0.15) is 0 Å². The van der Waals surface area contributed by atoms with E-state index < -0.39 is 5.41 Å². The van der Waals surface area contributed by atoms with Crippen LogP contribution in [0.1, 0.15) is 25.3 Å². The number of benzene rings is 1. The van der Waals surface area contributed by atoms with E-state index in [1.807, 2.05) is 6.92 Å². The molecule has 1 aromatic carbocycles. The highest BCUT2D eigenvalue weighted by atomic mass is 19.1. The van der Waals surface area contributed by atoms with Crippen LogP contribution in [0.15, 0.2) is 24.3 Å². The number of methoxy groups -OCH3 is 1. The Bertz CT molecular complexity index is 529. The molecule has 1 aliphatic heterocycles. The smallest absolute Gasteiger partial charge is 0.313 e. The largest absolute Gasteiger partial charge is 0.469 e. The molecular weight excluding hydrogens is 273 g/mol. The first-order valence-corrected chi connectivity index (χ1v) is 7.05. The van der Waals surface area contributed by atoms with E-state index in [4.69, 9.17) is 4.74 Å². The van der Waals surface area contributed by atoms with Crippen molar-refractivity contribution in [2.24, 2.45) is 5.41 Å². The van der Waals surface area contributed by atoms with Crippen LogP contribution in [0.25, 0.3) is 0 Å². The number of nitrogens with zero attached hydrogens (tertiary/aromatic N) is 1. The summed E-state index contributed by atoms with van der Waals surface area (Å²) in [6.45, 7) is 2.81. The predicted octanol–water partition coefficient (Wildman–Crippen LogP) is 2.17. The zero-order valence-corrected chi connectivity index (χ0v) is 12.4. The quantitative estimate of drug-likeness (QED) is 0.799. The third kappa shape index (κ3) is 3.60. The zero-order chi connectivity index (χ0) is 15.5. The SMILES string of the molecule is COC(=O)[C@]1(C)CCN(C(=O)CCc2ccc(F)cc2)C1. The molecular formula is C16H20FNO3. The number of esters is 1. The summed E-state index contributed by atoms with van der Waals surface area (Å²) in [6, 6.07) is 6.16. The number of carbonyl (C=O) groups excluding carboxylic acids is 2. The van der Waals surface area contributed by atoms with Crippen molar-refractivity contribution >= 4 is 11.9 Å². The lowest BCUT2D eigenvalue weighted by Gasteiger charge is -2.21. The molecule has 1 amide bonds. The van der Waals surface area contributed by atoms with Gasteiger partial charge in [0.25, 0.3) is 0 Å². The molecule has 0 spiro atoms. The molecule has 0 radical (unpaired) electrons. The van der Waals surface area contributed by atoms with E-state index in [-0.39, 0.29) is 17.7 Å². The fourth-order valence-corrected chi connectivity index (χ4v) is 2.65. The van der Waals surface area contributed by atoms with Crippen LogP contribution in [0.2, 0.25) is 0 Å². The number of carbonyl (C=O) groups is 2. The summed E-state index contributed by atoms with van der Waals surface area (Å²) in [6.07, 6.45) is 1.56. The van der Waals surface area contributed by atoms with Crippen LogP contribution >= 0.6 is 0 Å². The topological polar surface area (TPSA) is 46.6 Å². The van der Waals surface area contributed by atoms with E-state index in [1.54, 1.807) is 17.0 Å². The fourth-order valence-electron chi connectivity index (χ4n) is 2.65. The minimum absolute atomic E-state index is 0.0203. The number of hydrogen-bond donors (Lipinski definition) is 0. The molecule has 0 bridgehead atoms. The van der Waals surface area contributed by atoms with Gasteiger partial charge in [-0.3, -0.25) is 9.59 Å². The number of amides is 1. The van der Waals surface area contributed by atoms with Crippen molar-refractivity contribution in [2.75, 3.05) is 20.2 Å². The van der Waals surface area contributed by atoms with Crippen LogP contribution in [-0.2, 0) is 20.7 Å². The molecule has 0 aliphatic carbocycles. The number of rotatable bonds is 4. The Morgan fingerprint density at radius 2 is 2.00 bits per heavy atom. The van der Waals surface area contributed by atoms with Gasteiger partial charge in [-0.05, 0) is 37.5 Å². The van der Waals surface area contributed by atoms with Crippen LogP contribution in [-0.4, -0.2) is 37.0 Å². The second kappa shape index (κ2) is 6.24. The minimum Gasteiger partial charge on any atom is -0.469 e. The Hall–Kier alpha value is -1.91. The van der Waals surface area contributed by atoms with Crippen LogP contribution in [0.5, 0.6) is 0 Å². The summed E-state index contributed by atoms with van der Waals surface area (Å²) in [5.74, 6) is -0.526. The molecule has 4 nitrogen and oxygen atoms in total. The average Bonchev–Trinajstić information content (AvgIpc) is 2.89. The van der Waals surface area contributed by atoms with Gasteiger partial charge in [-0.25, -0.2) is 4.39 Å². The van der Waals surface area contributed by atoms with Crippen molar-refractivity contribution in [1.82, 2.24) is 4.90 Å². The number of halogens is 1. The maximum atomic E-state index is 12.8. The minimum atomic E-state index is -0.597. The monoisotopic (exact) mass is 293 g/mol. The van der Waals surface area contributed by atoms with Crippen molar-refractivity contribution in [3.63, 3.8) is 0 Å². The van der Waals surface area contributed by atoms with E-state index in [1.165, 1.54) is 19.2 Å². The Labute approximate surface area is 123 Å². The highest BCUT2D eigenvalue weighted by Crippen LogP contribution is 2.31. The first-order chi connectivity index (χ1) is 9.94. The fraction of sp³-hybridized carbons (Fsp3) is 0.500. The summed E-state index contributed by atoms with van der Waals surface area (Å²) < 4.78 is 17.6. The maximum absolute atomic E-state index is 12.8. The number of aryl methyl sites for hydroxylation is 1. The van der Waals surface area contributed by atoms with Gasteiger partial charge < -0.3 is 9.64 Å². The standard InChI is InChI=1S/C16H20FNO3/c1-16(15(20)21-2)9-10-18(11-16)14(19)8-5-12-3-6-13(17)7-4-12/h3-4,6-7H,5,8-11H2,1-2H3/t16-/m1/s1. The summed E-state index contributed by atoms with van der Waals surface area (Å²) in [5, 5.41) is 0. The van der Waals surface area contributed by atoms with E-state index in [0.29, 0.717) is 32.4 Å². The summed E-state index contributed by atoms with van der Waals surface area (Å²) in [4.78, 5) is 25.6. The maximum Gasteiger partial charge on any atom is 0.313 e. The molecule has 114 valence electrons. The van der Waals surface area contributed by atoms with E-state index in [2.05, 4.69) is 0 Å². The van der Waals surface area contributed by atoms with Crippen molar-refractivity contribution in [3.8, 4) is 0 Å². The molecule has 1 aromatic rings. The lowest BCUT2D eigenvalue weighted by molar-refractivity contribution is -0.151. The van der Waals surface area contributed by atoms with Gasteiger partial charge >= 0.3 is 5.97 Å². The zero-order valence-electron chi connectivity index (χ0n) is 12.4. The third-order valence-electron chi connectivity index (χ3n) is 4.05. The third-order valence-corrected chi connectivity index (χ3v) is 4.05. The van der Waals surface area contributed by atoms with Crippen LogP contribution < -0.4 is 0 Å². The van der Waals surface area contributed by atoms with Gasteiger partial charge in [0, 0.05) is 19.5 Å². The number of hydrogen-bond acceptors (Lipinski definition) is 3. The van der Waals surface area contributed by atoms with Gasteiger partial charge in [-0.15, -0.1) is 0 Å². The number of ether oxygens (including phenoxy) is 1. The second-order valence-corrected chi connectivity index (χ2v) is 5.74. The van der Waals surface area contributed by atoms with E-state index in [9.17, 15) is 14.0 Å². The first kappa shape index (κ1) is 15.5. The highest BCUT2D eigenvalue weighted by Gasteiger charge is 2.42. The molecule has 0 saturated carbocycles. The predicted molar refractivity (Wildman–Crippen MR) is 76.0 cm³/mol. The summed E-state index contributed by atoms with van der Waals surface area (Å²) in [7, 11) is 1.37. The number of likely N-dealkylation sites (tertiary alicyclic amines) is 1. The van der Waals surface area contributed by atoms with Crippen molar-refractivity contribution in [3.05, 3.63) is 35.6 Å². The molecule has 1 saturated heterocycles. The molecule has 21 heavy (non-hydrogen) atoms. The van der Waals surface area contributed by atoms with Crippen molar-refractivity contribution in [2.45, 2.75) is 26.2 Å². The first-order valence-electron chi connectivity index (χ1n) is 7.05. The summed E-state index contributed by atoms with van der Waals surface area (Å²) >= 11 is 0. The Kier molecular flexibility index (Phi) is 4.60. The van der Waals surface area contributed by atoms with Gasteiger partial charge in [0.1, 0.15) is 5.82 Å². The molecule has 1 atom stereocenters. The lowest BCUT2D eigenvalue weighted by atomic mass is 9.90. The average molecular weight is 293 g/mol. The van der Waals surface area contributed by atoms with E-state index in [0.717, 1.165) is 5.56 Å². The normalized spacial score (nSPS) is 21.4. The van der Waals surface area contributed by atoms with Gasteiger partial charge in [0.2, 0.25) is 5.91 Å². The molecule has 0 aromatic heterocycles. The molecule has 2 rings (SSSR count). The Morgan fingerprint density at radius 1 is 1.33 bits per heavy atom. The second-order valence-electron chi connectivity index (χ2n) is 5.74. The molecule has 1 aliphatic rings. The Balaban J connectivity index is 1.87. The summed E-state index contributed by atoms with van der Waals surface area (Å²) in [5.41, 5.74) is 0.333. The molecule has 0 unspecified atom stereocenters. The van der Waals surface area contributed by atoms with Crippen molar-refractivity contribution < 1.29 is 18.7 Å². The van der Waals surface area contributed by atoms with Gasteiger partial charge in [-0.1, -0.05) is 12.1 Å². The van der Waals surface area contributed by atoms with E-state index >= 15 is 0 Å². The van der Waals surface area contributed by atoms with Gasteiger partial charge in [0.15, 0.2) is 0 Å².